The molecule has 0 saturated carbocycles. The van der Waals surface area contributed by atoms with E-state index in [-0.39, 0.29) is 11.9 Å². The van der Waals surface area contributed by atoms with E-state index in [1.807, 2.05) is 39.4 Å². The topological polar surface area (TPSA) is 24.9 Å². The zero-order valence-electron chi connectivity index (χ0n) is 11.6. The van der Waals surface area contributed by atoms with Crippen LogP contribution in [-0.2, 0) is 6.42 Å². The summed E-state index contributed by atoms with van der Waals surface area (Å²) in [6.45, 7) is 3.98. The van der Waals surface area contributed by atoms with Crippen molar-refractivity contribution in [2.24, 2.45) is 0 Å². The van der Waals surface area contributed by atoms with E-state index in [1.54, 1.807) is 6.07 Å². The van der Waals surface area contributed by atoms with Crippen LogP contribution in [0.1, 0.15) is 28.3 Å². The maximum absolute atomic E-state index is 13.1. The van der Waals surface area contributed by atoms with Crippen LogP contribution in [0.2, 0.25) is 0 Å². The second kappa shape index (κ2) is 5.93. The average Bonchev–Trinajstić information content (AvgIpc) is 2.38. The molecule has 0 aliphatic rings. The number of aryl methyl sites for hydroxylation is 2. The average molecular weight is 258 g/mol. The Morgan fingerprint density at radius 3 is 2.63 bits per heavy atom. The largest absolute Gasteiger partial charge is 0.313 e. The van der Waals surface area contributed by atoms with Crippen molar-refractivity contribution in [1.82, 2.24) is 10.3 Å². The summed E-state index contributed by atoms with van der Waals surface area (Å²) >= 11 is 0. The second-order valence-electron chi connectivity index (χ2n) is 4.91. The number of rotatable bonds is 4. The molecule has 0 spiro atoms. The molecule has 0 fully saturated rings. The summed E-state index contributed by atoms with van der Waals surface area (Å²) in [6.07, 6.45) is 4.56. The summed E-state index contributed by atoms with van der Waals surface area (Å²) in [5.41, 5.74) is 4.45. The third kappa shape index (κ3) is 3.38. The summed E-state index contributed by atoms with van der Waals surface area (Å²) in [7, 11) is 1.94. The number of aromatic nitrogens is 1. The Labute approximate surface area is 113 Å². The quantitative estimate of drug-likeness (QED) is 0.909. The molecule has 2 rings (SSSR count). The van der Waals surface area contributed by atoms with Crippen LogP contribution in [0.5, 0.6) is 0 Å². The summed E-state index contributed by atoms with van der Waals surface area (Å²) < 4.78 is 13.1. The molecule has 3 heteroatoms. The molecule has 1 atom stereocenters. The van der Waals surface area contributed by atoms with Crippen molar-refractivity contribution in [3.8, 4) is 0 Å². The van der Waals surface area contributed by atoms with E-state index in [0.717, 1.165) is 28.7 Å². The highest BCUT2D eigenvalue weighted by Gasteiger charge is 2.12. The fourth-order valence-electron chi connectivity index (χ4n) is 2.26. The monoisotopic (exact) mass is 258 g/mol. The molecule has 0 radical (unpaired) electrons. The third-order valence-electron chi connectivity index (χ3n) is 3.38. The Kier molecular flexibility index (Phi) is 4.27. The van der Waals surface area contributed by atoms with Gasteiger partial charge in [0.2, 0.25) is 0 Å². The molecule has 1 aromatic carbocycles. The van der Waals surface area contributed by atoms with Gasteiger partial charge < -0.3 is 5.32 Å². The Morgan fingerprint density at radius 1 is 1.21 bits per heavy atom. The summed E-state index contributed by atoms with van der Waals surface area (Å²) in [6, 6.07) is 7.28. The van der Waals surface area contributed by atoms with Crippen molar-refractivity contribution >= 4 is 0 Å². The minimum absolute atomic E-state index is 0.181. The van der Waals surface area contributed by atoms with E-state index in [2.05, 4.69) is 16.4 Å². The van der Waals surface area contributed by atoms with Gasteiger partial charge >= 0.3 is 0 Å². The highest BCUT2D eigenvalue weighted by atomic mass is 19.1. The Hall–Kier alpha value is -1.74. The lowest BCUT2D eigenvalue weighted by Gasteiger charge is -2.18. The van der Waals surface area contributed by atoms with Crippen LogP contribution >= 0.6 is 0 Å². The predicted octanol–water partition coefficient (Wildman–Crippen LogP) is 3.34. The minimum Gasteiger partial charge on any atom is -0.313 e. The zero-order valence-corrected chi connectivity index (χ0v) is 11.6. The molecule has 2 nitrogen and oxygen atoms in total. The van der Waals surface area contributed by atoms with Gasteiger partial charge in [-0.1, -0.05) is 12.1 Å². The van der Waals surface area contributed by atoms with Gasteiger partial charge in [0, 0.05) is 18.4 Å². The van der Waals surface area contributed by atoms with Crippen molar-refractivity contribution in [2.45, 2.75) is 26.3 Å². The maximum atomic E-state index is 13.1. The Balaban J connectivity index is 2.24. The number of halogens is 1. The SMILES string of the molecule is CNC(Cc1ccc(F)cc1C)c1cncc(C)c1. The van der Waals surface area contributed by atoms with Gasteiger partial charge in [-0.25, -0.2) is 4.39 Å². The number of nitrogens with one attached hydrogen (secondary N) is 1. The predicted molar refractivity (Wildman–Crippen MR) is 75.6 cm³/mol. The van der Waals surface area contributed by atoms with Gasteiger partial charge in [0.1, 0.15) is 5.82 Å². The molecule has 1 N–H and O–H groups in total. The number of likely N-dealkylation sites (N-methyl/N-ethyl adjacent to an activating group) is 1. The lowest BCUT2D eigenvalue weighted by atomic mass is 9.96. The Bertz CT molecular complexity index is 566. The maximum Gasteiger partial charge on any atom is 0.123 e. The number of nitrogens with zero attached hydrogens (tertiary/aromatic N) is 1. The van der Waals surface area contributed by atoms with E-state index in [9.17, 15) is 4.39 Å². The molecule has 2 aromatic rings. The molecule has 0 aliphatic heterocycles. The molecule has 100 valence electrons. The van der Waals surface area contributed by atoms with E-state index < -0.39 is 0 Å². The number of hydrogen-bond acceptors (Lipinski definition) is 2. The van der Waals surface area contributed by atoms with Crippen LogP contribution in [0.25, 0.3) is 0 Å². The molecular formula is C16H19FN2. The van der Waals surface area contributed by atoms with Crippen LogP contribution < -0.4 is 5.32 Å². The number of hydrogen-bond donors (Lipinski definition) is 1. The van der Waals surface area contributed by atoms with Crippen molar-refractivity contribution in [1.29, 1.82) is 0 Å². The summed E-state index contributed by atoms with van der Waals surface area (Å²) in [5.74, 6) is -0.181. The highest BCUT2D eigenvalue weighted by molar-refractivity contribution is 5.30. The van der Waals surface area contributed by atoms with Crippen LogP contribution in [0.4, 0.5) is 4.39 Å². The smallest absolute Gasteiger partial charge is 0.123 e. The first-order chi connectivity index (χ1) is 9.10. The van der Waals surface area contributed by atoms with E-state index in [4.69, 9.17) is 0 Å². The molecule has 19 heavy (non-hydrogen) atoms. The second-order valence-corrected chi connectivity index (χ2v) is 4.91. The highest BCUT2D eigenvalue weighted by Crippen LogP contribution is 2.21. The van der Waals surface area contributed by atoms with E-state index >= 15 is 0 Å². The molecule has 0 aliphatic carbocycles. The molecular weight excluding hydrogens is 239 g/mol. The fraction of sp³-hybridized carbons (Fsp3) is 0.312. The zero-order chi connectivity index (χ0) is 13.8. The standard InChI is InChI=1S/C16H19FN2/c1-11-6-14(10-19-9-11)16(18-3)8-13-4-5-15(17)7-12(13)2/h4-7,9-10,16,18H,8H2,1-3H3. The molecule has 1 unspecified atom stereocenters. The first-order valence-electron chi connectivity index (χ1n) is 6.44. The van der Waals surface area contributed by atoms with Gasteiger partial charge in [-0.2, -0.15) is 0 Å². The number of benzene rings is 1. The number of pyridine rings is 1. The van der Waals surface area contributed by atoms with Crippen LogP contribution in [-0.4, -0.2) is 12.0 Å². The van der Waals surface area contributed by atoms with Crippen molar-refractivity contribution in [2.75, 3.05) is 7.05 Å². The lowest BCUT2D eigenvalue weighted by molar-refractivity contribution is 0.584. The van der Waals surface area contributed by atoms with Crippen LogP contribution in [0, 0.1) is 19.7 Å². The Morgan fingerprint density at radius 2 is 2.00 bits per heavy atom. The van der Waals surface area contributed by atoms with Gasteiger partial charge in [-0.3, -0.25) is 4.98 Å². The van der Waals surface area contributed by atoms with E-state index in [1.165, 1.54) is 6.07 Å². The molecule has 1 heterocycles. The first kappa shape index (κ1) is 13.7. The minimum atomic E-state index is -0.181. The van der Waals surface area contributed by atoms with Gasteiger partial charge in [-0.15, -0.1) is 0 Å². The normalized spacial score (nSPS) is 12.4. The third-order valence-corrected chi connectivity index (χ3v) is 3.38. The van der Waals surface area contributed by atoms with Gasteiger partial charge in [0.25, 0.3) is 0 Å². The van der Waals surface area contributed by atoms with E-state index in [0.29, 0.717) is 0 Å². The van der Waals surface area contributed by atoms with Gasteiger partial charge in [-0.05, 0) is 61.7 Å². The van der Waals surface area contributed by atoms with Crippen molar-refractivity contribution in [3.63, 3.8) is 0 Å². The van der Waals surface area contributed by atoms with Crippen molar-refractivity contribution in [3.05, 3.63) is 64.7 Å². The van der Waals surface area contributed by atoms with Crippen molar-refractivity contribution < 1.29 is 4.39 Å². The molecule has 1 aromatic heterocycles. The van der Waals surface area contributed by atoms with Gasteiger partial charge in [0.15, 0.2) is 0 Å². The fourth-order valence-corrected chi connectivity index (χ4v) is 2.26. The van der Waals surface area contributed by atoms with Gasteiger partial charge in [0.05, 0.1) is 0 Å². The lowest BCUT2D eigenvalue weighted by Crippen LogP contribution is -2.19. The molecule has 0 amide bonds. The summed E-state index contributed by atoms with van der Waals surface area (Å²) in [4.78, 5) is 4.23. The molecule has 0 bridgehead atoms. The summed E-state index contributed by atoms with van der Waals surface area (Å²) in [5, 5.41) is 3.30. The van der Waals surface area contributed by atoms with Crippen LogP contribution in [0.3, 0.4) is 0 Å². The first-order valence-corrected chi connectivity index (χ1v) is 6.44. The molecule has 0 saturated heterocycles. The van der Waals surface area contributed by atoms with Crippen LogP contribution in [0.15, 0.2) is 36.7 Å².